The standard InChI is InChI=1S/C14H20O2/c1-4-5-6-13(14(15)16)12-8-10(2)7-11(3)9-12/h7-9,13H,4-6H2,1-3H3,(H,15,16). The predicted octanol–water partition coefficient (Wildman–Crippen LogP) is 3.66. The third kappa shape index (κ3) is 3.37. The van der Waals surface area contributed by atoms with Crippen molar-refractivity contribution in [1.29, 1.82) is 0 Å². The minimum absolute atomic E-state index is 0.349. The van der Waals surface area contributed by atoms with E-state index in [9.17, 15) is 9.90 Å². The first-order valence-corrected chi connectivity index (χ1v) is 5.85. The second kappa shape index (κ2) is 5.69. The van der Waals surface area contributed by atoms with Gasteiger partial charge in [-0.15, -0.1) is 0 Å². The van der Waals surface area contributed by atoms with Gasteiger partial charge in [-0.2, -0.15) is 0 Å². The number of benzene rings is 1. The van der Waals surface area contributed by atoms with Gasteiger partial charge in [-0.05, 0) is 25.8 Å². The van der Waals surface area contributed by atoms with Crippen molar-refractivity contribution in [2.45, 2.75) is 46.0 Å². The van der Waals surface area contributed by atoms with E-state index in [1.54, 1.807) is 0 Å². The molecular formula is C14H20O2. The molecule has 0 saturated carbocycles. The number of unbranched alkanes of at least 4 members (excludes halogenated alkanes) is 1. The molecular weight excluding hydrogens is 200 g/mol. The van der Waals surface area contributed by atoms with Gasteiger partial charge in [0.15, 0.2) is 0 Å². The molecule has 16 heavy (non-hydrogen) atoms. The highest BCUT2D eigenvalue weighted by Crippen LogP contribution is 2.24. The van der Waals surface area contributed by atoms with Gasteiger partial charge in [0.05, 0.1) is 5.92 Å². The number of carbonyl (C=O) groups is 1. The maximum Gasteiger partial charge on any atom is 0.310 e. The summed E-state index contributed by atoms with van der Waals surface area (Å²) in [5.41, 5.74) is 3.22. The largest absolute Gasteiger partial charge is 0.481 e. The Kier molecular flexibility index (Phi) is 4.53. The van der Waals surface area contributed by atoms with Crippen molar-refractivity contribution in [2.75, 3.05) is 0 Å². The van der Waals surface area contributed by atoms with Crippen LogP contribution in [-0.4, -0.2) is 11.1 Å². The summed E-state index contributed by atoms with van der Waals surface area (Å²) in [7, 11) is 0. The van der Waals surface area contributed by atoms with Crippen LogP contribution in [0.4, 0.5) is 0 Å². The topological polar surface area (TPSA) is 37.3 Å². The summed E-state index contributed by atoms with van der Waals surface area (Å²) in [6.07, 6.45) is 2.73. The number of rotatable bonds is 5. The minimum atomic E-state index is -0.710. The van der Waals surface area contributed by atoms with E-state index >= 15 is 0 Å². The summed E-state index contributed by atoms with van der Waals surface area (Å²) in [6, 6.07) is 6.05. The van der Waals surface area contributed by atoms with Gasteiger partial charge in [-0.3, -0.25) is 4.79 Å². The highest BCUT2D eigenvalue weighted by Gasteiger charge is 2.19. The van der Waals surface area contributed by atoms with Crippen molar-refractivity contribution < 1.29 is 9.90 Å². The molecule has 2 nitrogen and oxygen atoms in total. The number of hydrogen-bond acceptors (Lipinski definition) is 1. The summed E-state index contributed by atoms with van der Waals surface area (Å²) in [6.45, 7) is 6.10. The van der Waals surface area contributed by atoms with E-state index in [0.717, 1.165) is 36.0 Å². The number of carboxylic acid groups (broad SMARTS) is 1. The zero-order valence-electron chi connectivity index (χ0n) is 10.3. The second-order valence-corrected chi connectivity index (χ2v) is 4.45. The van der Waals surface area contributed by atoms with E-state index < -0.39 is 5.97 Å². The Bertz CT molecular complexity index is 349. The number of hydrogen-bond donors (Lipinski definition) is 1. The average Bonchev–Trinajstić information content (AvgIpc) is 2.16. The normalized spacial score (nSPS) is 12.4. The first-order chi connectivity index (χ1) is 7.54. The molecule has 0 aliphatic carbocycles. The summed E-state index contributed by atoms with van der Waals surface area (Å²) in [5, 5.41) is 9.24. The van der Waals surface area contributed by atoms with E-state index in [-0.39, 0.29) is 5.92 Å². The fourth-order valence-electron chi connectivity index (χ4n) is 2.05. The molecule has 1 atom stereocenters. The monoisotopic (exact) mass is 220 g/mol. The van der Waals surface area contributed by atoms with E-state index in [4.69, 9.17) is 0 Å². The van der Waals surface area contributed by atoms with Crippen LogP contribution in [0.25, 0.3) is 0 Å². The summed E-state index contributed by atoms with van der Waals surface area (Å²) in [4.78, 5) is 11.2. The highest BCUT2D eigenvalue weighted by molar-refractivity contribution is 5.76. The second-order valence-electron chi connectivity index (χ2n) is 4.45. The highest BCUT2D eigenvalue weighted by atomic mass is 16.4. The Balaban J connectivity index is 2.96. The smallest absolute Gasteiger partial charge is 0.310 e. The van der Waals surface area contributed by atoms with Crippen LogP contribution in [-0.2, 0) is 4.79 Å². The zero-order valence-corrected chi connectivity index (χ0v) is 10.3. The van der Waals surface area contributed by atoms with Gasteiger partial charge in [0.2, 0.25) is 0 Å². The SMILES string of the molecule is CCCCC(C(=O)O)c1cc(C)cc(C)c1. The van der Waals surface area contributed by atoms with Crippen LogP contribution in [0.3, 0.4) is 0 Å². The first kappa shape index (κ1) is 12.8. The zero-order chi connectivity index (χ0) is 12.1. The lowest BCUT2D eigenvalue weighted by molar-refractivity contribution is -0.139. The Morgan fingerprint density at radius 2 is 1.81 bits per heavy atom. The predicted molar refractivity (Wildman–Crippen MR) is 65.8 cm³/mol. The van der Waals surface area contributed by atoms with Gasteiger partial charge in [0.25, 0.3) is 0 Å². The van der Waals surface area contributed by atoms with Gasteiger partial charge in [0, 0.05) is 0 Å². The van der Waals surface area contributed by atoms with Crippen molar-refractivity contribution in [1.82, 2.24) is 0 Å². The Hall–Kier alpha value is -1.31. The van der Waals surface area contributed by atoms with Crippen molar-refractivity contribution in [2.24, 2.45) is 0 Å². The van der Waals surface area contributed by atoms with Crippen molar-refractivity contribution in [3.8, 4) is 0 Å². The summed E-state index contributed by atoms with van der Waals surface area (Å²) in [5.74, 6) is -1.06. The molecule has 0 saturated heterocycles. The molecule has 88 valence electrons. The Labute approximate surface area is 97.3 Å². The molecule has 1 rings (SSSR count). The molecule has 0 aromatic heterocycles. The molecule has 1 unspecified atom stereocenters. The molecule has 0 spiro atoms. The van der Waals surface area contributed by atoms with Gasteiger partial charge >= 0.3 is 5.97 Å². The lowest BCUT2D eigenvalue weighted by atomic mass is 9.91. The molecule has 1 aromatic rings. The molecule has 1 aromatic carbocycles. The summed E-state index contributed by atoms with van der Waals surface area (Å²) >= 11 is 0. The lowest BCUT2D eigenvalue weighted by Gasteiger charge is -2.13. The van der Waals surface area contributed by atoms with Crippen LogP contribution in [0.15, 0.2) is 18.2 Å². The molecule has 0 heterocycles. The Morgan fingerprint density at radius 1 is 1.25 bits per heavy atom. The van der Waals surface area contributed by atoms with Gasteiger partial charge in [0.1, 0.15) is 0 Å². The fourth-order valence-corrected chi connectivity index (χ4v) is 2.05. The number of carboxylic acids is 1. The Morgan fingerprint density at radius 3 is 2.25 bits per heavy atom. The van der Waals surface area contributed by atoms with Crippen LogP contribution in [0.1, 0.15) is 48.8 Å². The molecule has 0 aliphatic rings. The van der Waals surface area contributed by atoms with Gasteiger partial charge < -0.3 is 5.11 Å². The number of aliphatic carboxylic acids is 1. The fraction of sp³-hybridized carbons (Fsp3) is 0.500. The van der Waals surface area contributed by atoms with Crippen LogP contribution in [0, 0.1) is 13.8 Å². The molecule has 0 radical (unpaired) electrons. The van der Waals surface area contributed by atoms with Crippen LogP contribution in [0.5, 0.6) is 0 Å². The van der Waals surface area contributed by atoms with Gasteiger partial charge in [-0.1, -0.05) is 49.1 Å². The maximum atomic E-state index is 11.2. The maximum absolute atomic E-state index is 11.2. The average molecular weight is 220 g/mol. The molecule has 2 heteroatoms. The first-order valence-electron chi connectivity index (χ1n) is 5.85. The third-order valence-corrected chi connectivity index (χ3v) is 2.79. The molecule has 0 aliphatic heterocycles. The van der Waals surface area contributed by atoms with Crippen LogP contribution >= 0.6 is 0 Å². The van der Waals surface area contributed by atoms with E-state index in [1.807, 2.05) is 26.0 Å². The van der Waals surface area contributed by atoms with Crippen molar-refractivity contribution in [3.63, 3.8) is 0 Å². The lowest BCUT2D eigenvalue weighted by Crippen LogP contribution is -2.12. The van der Waals surface area contributed by atoms with E-state index in [1.165, 1.54) is 0 Å². The quantitative estimate of drug-likeness (QED) is 0.822. The van der Waals surface area contributed by atoms with Crippen molar-refractivity contribution in [3.05, 3.63) is 34.9 Å². The molecule has 0 amide bonds. The van der Waals surface area contributed by atoms with Crippen molar-refractivity contribution >= 4 is 5.97 Å². The van der Waals surface area contributed by atoms with Gasteiger partial charge in [-0.25, -0.2) is 0 Å². The number of aryl methyl sites for hydroxylation is 2. The van der Waals surface area contributed by atoms with Crippen LogP contribution < -0.4 is 0 Å². The summed E-state index contributed by atoms with van der Waals surface area (Å²) < 4.78 is 0. The van der Waals surface area contributed by atoms with E-state index in [0.29, 0.717) is 0 Å². The van der Waals surface area contributed by atoms with E-state index in [2.05, 4.69) is 13.0 Å². The minimum Gasteiger partial charge on any atom is -0.481 e. The molecule has 1 N–H and O–H groups in total. The van der Waals surface area contributed by atoms with Crippen LogP contribution in [0.2, 0.25) is 0 Å². The third-order valence-electron chi connectivity index (χ3n) is 2.79. The molecule has 0 bridgehead atoms. The molecule has 0 fully saturated rings.